The highest BCUT2D eigenvalue weighted by atomic mass is 32.1. The second-order valence-electron chi connectivity index (χ2n) is 4.10. The third-order valence-corrected chi connectivity index (χ3v) is 3.66. The van der Waals surface area contributed by atoms with Gasteiger partial charge in [-0.25, -0.2) is 0 Å². The summed E-state index contributed by atoms with van der Waals surface area (Å²) >= 11 is 1.29. The topological polar surface area (TPSA) is 70.3 Å². The molecule has 0 spiro atoms. The molecule has 1 aromatic heterocycles. The van der Waals surface area contributed by atoms with E-state index in [9.17, 15) is 0 Å². The van der Waals surface area contributed by atoms with Crippen molar-refractivity contribution in [1.29, 1.82) is 0 Å². The molecule has 2 rings (SSSR count). The monoisotopic (exact) mass is 243 g/mol. The van der Waals surface area contributed by atoms with E-state index in [0.29, 0.717) is 29.0 Å². The van der Waals surface area contributed by atoms with Crippen LogP contribution in [0.3, 0.4) is 0 Å². The summed E-state index contributed by atoms with van der Waals surface area (Å²) in [6.45, 7) is 0.713. The van der Waals surface area contributed by atoms with E-state index in [1.54, 1.807) is 7.11 Å². The van der Waals surface area contributed by atoms with E-state index in [1.807, 2.05) is 0 Å². The average Bonchev–Trinajstić information content (AvgIpc) is 2.73. The second kappa shape index (κ2) is 5.45. The Bertz CT molecular complexity index is 324. The first-order chi connectivity index (χ1) is 7.78. The summed E-state index contributed by atoms with van der Waals surface area (Å²) < 4.78 is 10.9. The molecular weight excluding hydrogens is 226 g/mol. The lowest BCUT2D eigenvalue weighted by Crippen LogP contribution is -2.24. The summed E-state index contributed by atoms with van der Waals surface area (Å²) in [6, 6.07) is 0. The lowest BCUT2D eigenvalue weighted by Gasteiger charge is -2.26. The largest absolute Gasteiger partial charge is 0.469 e. The molecule has 16 heavy (non-hydrogen) atoms. The first kappa shape index (κ1) is 11.6. The maximum absolute atomic E-state index is 5.56. The van der Waals surface area contributed by atoms with Crippen molar-refractivity contribution < 1.29 is 9.47 Å². The van der Waals surface area contributed by atoms with Gasteiger partial charge in [-0.1, -0.05) is 5.10 Å². The zero-order chi connectivity index (χ0) is 11.4. The number of hydrogen-bond acceptors (Lipinski definition) is 6. The molecule has 0 amide bonds. The number of nitrogens with zero attached hydrogens (tertiary/aromatic N) is 2. The van der Waals surface area contributed by atoms with Crippen LogP contribution < -0.4 is 10.5 Å². The first-order valence-corrected chi connectivity index (χ1v) is 6.34. The van der Waals surface area contributed by atoms with Crippen LogP contribution in [0, 0.1) is 5.92 Å². The fraction of sp³-hybridized carbons (Fsp3) is 0.800. The Kier molecular flexibility index (Phi) is 3.95. The predicted octanol–water partition coefficient (Wildman–Crippen LogP) is 1.70. The normalized spacial score (nSPS) is 25.6. The number of anilines is 1. The third-order valence-electron chi connectivity index (χ3n) is 2.99. The molecule has 1 saturated carbocycles. The molecule has 0 aromatic carbocycles. The van der Waals surface area contributed by atoms with Crippen molar-refractivity contribution >= 4 is 16.5 Å². The van der Waals surface area contributed by atoms with Gasteiger partial charge in [0.2, 0.25) is 5.13 Å². The molecule has 0 unspecified atom stereocenters. The van der Waals surface area contributed by atoms with Gasteiger partial charge in [-0.3, -0.25) is 0 Å². The summed E-state index contributed by atoms with van der Waals surface area (Å²) in [6.07, 6.45) is 5.01. The van der Waals surface area contributed by atoms with E-state index in [2.05, 4.69) is 10.2 Å². The van der Waals surface area contributed by atoms with Crippen LogP contribution in [0.2, 0.25) is 0 Å². The number of nitrogens with two attached hydrogens (primary N) is 1. The van der Waals surface area contributed by atoms with E-state index in [1.165, 1.54) is 11.3 Å². The molecule has 1 aromatic rings. The third kappa shape index (κ3) is 3.05. The maximum atomic E-state index is 5.56. The van der Waals surface area contributed by atoms with Crippen molar-refractivity contribution in [3.05, 3.63) is 0 Å². The number of nitrogen functional groups attached to an aromatic ring is 1. The Balaban J connectivity index is 1.71. The van der Waals surface area contributed by atoms with Crippen LogP contribution in [0.4, 0.5) is 5.13 Å². The van der Waals surface area contributed by atoms with Gasteiger partial charge < -0.3 is 15.2 Å². The number of hydrogen-bond donors (Lipinski definition) is 1. The second-order valence-corrected chi connectivity index (χ2v) is 5.07. The summed E-state index contributed by atoms with van der Waals surface area (Å²) in [5, 5.41) is 8.57. The molecule has 0 radical (unpaired) electrons. The van der Waals surface area contributed by atoms with E-state index in [0.717, 1.165) is 25.7 Å². The highest BCUT2D eigenvalue weighted by molar-refractivity contribution is 7.16. The van der Waals surface area contributed by atoms with Crippen LogP contribution in [0.1, 0.15) is 25.7 Å². The van der Waals surface area contributed by atoms with Crippen LogP contribution >= 0.6 is 11.3 Å². The molecule has 1 aliphatic carbocycles. The molecule has 90 valence electrons. The lowest BCUT2D eigenvalue weighted by molar-refractivity contribution is 0.0481. The molecule has 0 bridgehead atoms. The average molecular weight is 243 g/mol. The van der Waals surface area contributed by atoms with Crippen molar-refractivity contribution in [2.24, 2.45) is 5.92 Å². The quantitative estimate of drug-likeness (QED) is 0.871. The Labute approximate surface area is 99.0 Å². The van der Waals surface area contributed by atoms with Gasteiger partial charge in [0, 0.05) is 7.11 Å². The van der Waals surface area contributed by atoms with E-state index in [-0.39, 0.29) is 0 Å². The molecule has 1 aliphatic rings. The molecular formula is C10H17N3O2S. The van der Waals surface area contributed by atoms with Gasteiger partial charge in [-0.15, -0.1) is 5.10 Å². The summed E-state index contributed by atoms with van der Waals surface area (Å²) in [7, 11) is 1.78. The van der Waals surface area contributed by atoms with Crippen LogP contribution in [-0.4, -0.2) is 30.0 Å². The first-order valence-electron chi connectivity index (χ1n) is 5.52. The van der Waals surface area contributed by atoms with Crippen LogP contribution in [0.15, 0.2) is 0 Å². The molecule has 6 heteroatoms. The van der Waals surface area contributed by atoms with Gasteiger partial charge in [0.1, 0.15) is 0 Å². The zero-order valence-electron chi connectivity index (χ0n) is 9.39. The molecule has 5 nitrogen and oxygen atoms in total. The molecule has 0 atom stereocenters. The van der Waals surface area contributed by atoms with Crippen LogP contribution in [0.25, 0.3) is 0 Å². The van der Waals surface area contributed by atoms with Gasteiger partial charge in [0.25, 0.3) is 5.19 Å². The smallest absolute Gasteiger partial charge is 0.295 e. The predicted molar refractivity (Wildman–Crippen MR) is 62.6 cm³/mol. The van der Waals surface area contributed by atoms with E-state index >= 15 is 0 Å². The highest BCUT2D eigenvalue weighted by Crippen LogP contribution is 2.27. The van der Waals surface area contributed by atoms with E-state index < -0.39 is 0 Å². The van der Waals surface area contributed by atoms with Gasteiger partial charge in [0.15, 0.2) is 0 Å². The van der Waals surface area contributed by atoms with Crippen molar-refractivity contribution in [2.45, 2.75) is 31.8 Å². The van der Waals surface area contributed by atoms with Gasteiger partial charge in [0.05, 0.1) is 12.7 Å². The highest BCUT2D eigenvalue weighted by Gasteiger charge is 2.21. The van der Waals surface area contributed by atoms with Gasteiger partial charge >= 0.3 is 0 Å². The fourth-order valence-corrected chi connectivity index (χ4v) is 2.47. The number of aromatic nitrogens is 2. The minimum atomic E-state index is 0.438. The standard InChI is InChI=1S/C10H17N3O2S/c1-14-8-4-2-7(3-5-8)6-15-10-13-12-9(11)16-10/h7-8H,2-6H2,1H3,(H2,11,12). The Morgan fingerprint density at radius 2 is 2.06 bits per heavy atom. The fourth-order valence-electron chi connectivity index (χ4n) is 2.00. The number of methoxy groups -OCH3 is 1. The van der Waals surface area contributed by atoms with Crippen molar-refractivity contribution in [3.63, 3.8) is 0 Å². The molecule has 1 heterocycles. The van der Waals surface area contributed by atoms with Crippen LogP contribution in [-0.2, 0) is 4.74 Å². The number of rotatable bonds is 4. The molecule has 2 N–H and O–H groups in total. The zero-order valence-corrected chi connectivity index (χ0v) is 10.2. The molecule has 1 fully saturated rings. The minimum Gasteiger partial charge on any atom is -0.469 e. The van der Waals surface area contributed by atoms with E-state index in [4.69, 9.17) is 15.2 Å². The van der Waals surface area contributed by atoms with Gasteiger partial charge in [-0.05, 0) is 42.9 Å². The van der Waals surface area contributed by atoms with Crippen molar-refractivity contribution in [2.75, 3.05) is 19.5 Å². The number of ether oxygens (including phenoxy) is 2. The van der Waals surface area contributed by atoms with Crippen molar-refractivity contribution in [1.82, 2.24) is 10.2 Å². The summed E-state index contributed by atoms with van der Waals surface area (Å²) in [5.74, 6) is 0.608. The lowest BCUT2D eigenvalue weighted by atomic mass is 9.88. The maximum Gasteiger partial charge on any atom is 0.295 e. The summed E-state index contributed by atoms with van der Waals surface area (Å²) in [4.78, 5) is 0. The van der Waals surface area contributed by atoms with Crippen molar-refractivity contribution in [3.8, 4) is 5.19 Å². The minimum absolute atomic E-state index is 0.438. The molecule has 0 saturated heterocycles. The summed E-state index contributed by atoms with van der Waals surface area (Å²) in [5.41, 5.74) is 5.47. The SMILES string of the molecule is COC1CCC(COc2nnc(N)s2)CC1. The van der Waals surface area contributed by atoms with Crippen LogP contribution in [0.5, 0.6) is 5.19 Å². The van der Waals surface area contributed by atoms with Gasteiger partial charge in [-0.2, -0.15) is 0 Å². The Hall–Kier alpha value is -0.880. The molecule has 0 aliphatic heterocycles. The Morgan fingerprint density at radius 1 is 1.31 bits per heavy atom. The Morgan fingerprint density at radius 3 is 2.62 bits per heavy atom.